The Kier molecular flexibility index (Phi) is 5.21. The van der Waals surface area contributed by atoms with Gasteiger partial charge < -0.3 is 4.74 Å². The second-order valence-electron chi connectivity index (χ2n) is 5.57. The number of nitriles is 1. The number of hydrogen-bond acceptors (Lipinski definition) is 6. The molecule has 0 aliphatic rings. The van der Waals surface area contributed by atoms with Crippen LogP contribution in [0.2, 0.25) is 0 Å². The minimum absolute atomic E-state index is 0.0602. The van der Waals surface area contributed by atoms with Crippen molar-refractivity contribution in [1.82, 2.24) is 9.29 Å². The van der Waals surface area contributed by atoms with Gasteiger partial charge in [-0.05, 0) is 49.7 Å². The number of aromatic nitrogens is 1. The maximum absolute atomic E-state index is 12.3. The van der Waals surface area contributed by atoms with Crippen molar-refractivity contribution in [1.29, 1.82) is 5.26 Å². The number of nitrogens with zero attached hydrogens (tertiary/aromatic N) is 3. The maximum atomic E-state index is 12.3. The molecule has 2 aromatic rings. The van der Waals surface area contributed by atoms with E-state index < -0.39 is 16.0 Å². The lowest BCUT2D eigenvalue weighted by Gasteiger charge is -2.12. The Labute approximate surface area is 146 Å². The summed E-state index contributed by atoms with van der Waals surface area (Å²) in [6.07, 6.45) is 0. The zero-order valence-corrected chi connectivity index (χ0v) is 15.1. The summed E-state index contributed by atoms with van der Waals surface area (Å²) in [6, 6.07) is 9.04. The average molecular weight is 359 g/mol. The number of carbonyl (C=O) groups is 1. The van der Waals surface area contributed by atoms with Crippen LogP contribution in [-0.4, -0.2) is 37.8 Å². The zero-order chi connectivity index (χ0) is 18.8. The van der Waals surface area contributed by atoms with Gasteiger partial charge in [0.25, 0.3) is 0 Å². The van der Waals surface area contributed by atoms with Crippen LogP contribution in [0.5, 0.6) is 5.88 Å². The van der Waals surface area contributed by atoms with Gasteiger partial charge in [0.15, 0.2) is 0 Å². The highest BCUT2D eigenvalue weighted by Gasteiger charge is 2.19. The number of ether oxygens (including phenoxy) is 1. The van der Waals surface area contributed by atoms with Crippen LogP contribution in [0.3, 0.4) is 0 Å². The number of esters is 1. The fourth-order valence-electron chi connectivity index (χ4n) is 2.13. The van der Waals surface area contributed by atoms with Gasteiger partial charge in [-0.15, -0.1) is 0 Å². The molecule has 0 bridgehead atoms. The Balaban J connectivity index is 2.31. The van der Waals surface area contributed by atoms with Crippen molar-refractivity contribution >= 4 is 16.0 Å². The molecule has 2 rings (SSSR count). The van der Waals surface area contributed by atoms with Crippen LogP contribution in [0, 0.1) is 25.2 Å². The molecule has 0 unspecified atom stereocenters. The first-order valence-corrected chi connectivity index (χ1v) is 8.74. The molecule has 1 aromatic carbocycles. The van der Waals surface area contributed by atoms with E-state index >= 15 is 0 Å². The quantitative estimate of drug-likeness (QED) is 0.775. The molecular weight excluding hydrogens is 342 g/mol. The molecule has 1 aromatic heterocycles. The van der Waals surface area contributed by atoms with Gasteiger partial charge in [-0.1, -0.05) is 0 Å². The number of benzene rings is 1. The van der Waals surface area contributed by atoms with Gasteiger partial charge in [0.2, 0.25) is 15.9 Å². The molecule has 130 valence electrons. The van der Waals surface area contributed by atoms with E-state index in [1.807, 2.05) is 6.07 Å². The van der Waals surface area contributed by atoms with Crippen molar-refractivity contribution in [2.75, 3.05) is 14.1 Å². The van der Waals surface area contributed by atoms with Crippen molar-refractivity contribution < 1.29 is 17.9 Å². The summed E-state index contributed by atoms with van der Waals surface area (Å²) < 4.78 is 30.4. The van der Waals surface area contributed by atoms with Crippen LogP contribution in [0.1, 0.15) is 27.2 Å². The third-order valence-corrected chi connectivity index (χ3v) is 5.31. The van der Waals surface area contributed by atoms with Crippen molar-refractivity contribution in [3.05, 3.63) is 52.7 Å². The highest BCUT2D eigenvalue weighted by atomic mass is 32.2. The van der Waals surface area contributed by atoms with E-state index in [0.717, 1.165) is 4.31 Å². The lowest BCUT2D eigenvalue weighted by molar-refractivity contribution is 0.0726. The first-order chi connectivity index (χ1) is 11.7. The van der Waals surface area contributed by atoms with Crippen LogP contribution in [0.15, 0.2) is 35.2 Å². The highest BCUT2D eigenvalue weighted by Crippen LogP contribution is 2.21. The third-order valence-electron chi connectivity index (χ3n) is 3.48. The van der Waals surface area contributed by atoms with E-state index in [2.05, 4.69) is 4.98 Å². The topological polar surface area (TPSA) is 100 Å². The fourth-order valence-corrected chi connectivity index (χ4v) is 3.03. The molecular formula is C17H17N3O4S. The molecule has 0 saturated carbocycles. The minimum atomic E-state index is -3.57. The molecule has 0 aliphatic heterocycles. The zero-order valence-electron chi connectivity index (χ0n) is 14.3. The van der Waals surface area contributed by atoms with E-state index in [9.17, 15) is 18.5 Å². The second-order valence-corrected chi connectivity index (χ2v) is 7.73. The van der Waals surface area contributed by atoms with E-state index in [-0.39, 0.29) is 21.9 Å². The third kappa shape index (κ3) is 3.84. The number of rotatable bonds is 4. The number of sulfonamides is 1. The molecule has 0 fully saturated rings. The Hall–Kier alpha value is -2.76. The first-order valence-electron chi connectivity index (χ1n) is 7.30. The molecule has 0 amide bonds. The van der Waals surface area contributed by atoms with Gasteiger partial charge in [-0.25, -0.2) is 22.5 Å². The summed E-state index contributed by atoms with van der Waals surface area (Å²) in [5.74, 6) is -0.780. The normalized spacial score (nSPS) is 11.2. The van der Waals surface area contributed by atoms with Crippen molar-refractivity contribution in [3.8, 4) is 11.9 Å². The Bertz CT molecular complexity index is 959. The predicted octanol–water partition coefficient (Wildman–Crippen LogP) is 2.04. The molecule has 0 radical (unpaired) electrons. The summed E-state index contributed by atoms with van der Waals surface area (Å²) in [5, 5.41) is 9.20. The molecule has 25 heavy (non-hydrogen) atoms. The number of hydrogen-bond donors (Lipinski definition) is 0. The van der Waals surface area contributed by atoms with Gasteiger partial charge in [0, 0.05) is 19.8 Å². The minimum Gasteiger partial charge on any atom is -0.402 e. The summed E-state index contributed by atoms with van der Waals surface area (Å²) in [5.41, 5.74) is 1.62. The smallest absolute Gasteiger partial charge is 0.344 e. The van der Waals surface area contributed by atoms with E-state index in [4.69, 9.17) is 4.74 Å². The van der Waals surface area contributed by atoms with Crippen LogP contribution in [-0.2, 0) is 10.0 Å². The maximum Gasteiger partial charge on any atom is 0.344 e. The molecule has 0 atom stereocenters. The number of carbonyl (C=O) groups excluding carboxylic acids is 1. The Morgan fingerprint density at radius 2 is 1.80 bits per heavy atom. The number of pyridine rings is 1. The Morgan fingerprint density at radius 3 is 2.32 bits per heavy atom. The van der Waals surface area contributed by atoms with Crippen LogP contribution in [0.4, 0.5) is 0 Å². The standard InChI is InChI=1S/C17H17N3O4S/c1-11-9-12(2)19-16(15(11)10-18)24-17(21)13-5-7-14(8-6-13)25(22,23)20(3)4/h5-9H,1-4H3. The van der Waals surface area contributed by atoms with Gasteiger partial charge in [0.1, 0.15) is 11.6 Å². The van der Waals surface area contributed by atoms with Gasteiger partial charge in [0.05, 0.1) is 10.5 Å². The van der Waals surface area contributed by atoms with E-state index in [1.54, 1.807) is 19.9 Å². The molecule has 1 heterocycles. The second kappa shape index (κ2) is 7.01. The molecule has 0 N–H and O–H groups in total. The van der Waals surface area contributed by atoms with Crippen molar-refractivity contribution in [2.24, 2.45) is 0 Å². The van der Waals surface area contributed by atoms with E-state index in [1.165, 1.54) is 38.4 Å². The highest BCUT2D eigenvalue weighted by molar-refractivity contribution is 7.89. The number of aryl methyl sites for hydroxylation is 2. The predicted molar refractivity (Wildman–Crippen MR) is 90.7 cm³/mol. The molecule has 0 saturated heterocycles. The van der Waals surface area contributed by atoms with Gasteiger partial charge in [-0.2, -0.15) is 5.26 Å². The van der Waals surface area contributed by atoms with Gasteiger partial charge in [-0.3, -0.25) is 0 Å². The molecule has 0 spiro atoms. The molecule has 0 aliphatic carbocycles. The van der Waals surface area contributed by atoms with Crippen molar-refractivity contribution in [3.63, 3.8) is 0 Å². The van der Waals surface area contributed by atoms with Gasteiger partial charge >= 0.3 is 5.97 Å². The monoisotopic (exact) mass is 359 g/mol. The van der Waals surface area contributed by atoms with E-state index in [0.29, 0.717) is 11.3 Å². The largest absolute Gasteiger partial charge is 0.402 e. The average Bonchev–Trinajstić information content (AvgIpc) is 2.54. The Morgan fingerprint density at radius 1 is 1.20 bits per heavy atom. The SMILES string of the molecule is Cc1cc(C)c(C#N)c(OC(=O)c2ccc(S(=O)(=O)N(C)C)cc2)n1. The van der Waals surface area contributed by atoms with Crippen molar-refractivity contribution in [2.45, 2.75) is 18.7 Å². The van der Waals surface area contributed by atoms with Crippen LogP contribution < -0.4 is 4.74 Å². The summed E-state index contributed by atoms with van der Waals surface area (Å²) in [7, 11) is -0.728. The molecule has 7 nitrogen and oxygen atoms in total. The fraction of sp³-hybridized carbons (Fsp3) is 0.235. The summed E-state index contributed by atoms with van der Waals surface area (Å²) >= 11 is 0. The lowest BCUT2D eigenvalue weighted by Crippen LogP contribution is -2.22. The lowest BCUT2D eigenvalue weighted by atomic mass is 10.1. The first kappa shape index (κ1) is 18.6. The summed E-state index contributed by atoms with van der Waals surface area (Å²) in [4.78, 5) is 16.4. The molecule has 8 heteroatoms. The summed E-state index contributed by atoms with van der Waals surface area (Å²) in [6.45, 7) is 3.46. The van der Waals surface area contributed by atoms with Crippen LogP contribution in [0.25, 0.3) is 0 Å². The van der Waals surface area contributed by atoms with Crippen LogP contribution >= 0.6 is 0 Å².